The molecule has 5 heteroatoms. The van der Waals surface area contributed by atoms with Crippen molar-refractivity contribution in [2.24, 2.45) is 11.3 Å². The fraction of sp³-hybridized carbons (Fsp3) is 0.650. The van der Waals surface area contributed by atoms with Crippen LogP contribution in [-0.4, -0.2) is 28.9 Å². The zero-order valence-electron chi connectivity index (χ0n) is 15.5. The van der Waals surface area contributed by atoms with Gasteiger partial charge in [-0.15, -0.1) is 0 Å². The molecule has 1 aromatic rings. The monoisotopic (exact) mass is 346 g/mol. The summed E-state index contributed by atoms with van der Waals surface area (Å²) >= 11 is 0. The van der Waals surface area contributed by atoms with Gasteiger partial charge in [-0.2, -0.15) is 0 Å². The number of ether oxygens (including phenoxy) is 2. The van der Waals surface area contributed by atoms with Crippen LogP contribution >= 0.6 is 0 Å². The van der Waals surface area contributed by atoms with Crippen LogP contribution in [0.3, 0.4) is 0 Å². The zero-order valence-corrected chi connectivity index (χ0v) is 15.5. The van der Waals surface area contributed by atoms with Gasteiger partial charge in [0.25, 0.3) is 0 Å². The van der Waals surface area contributed by atoms with Crippen LogP contribution in [0.2, 0.25) is 0 Å². The van der Waals surface area contributed by atoms with E-state index in [1.54, 1.807) is 19.3 Å². The van der Waals surface area contributed by atoms with Gasteiger partial charge in [0.15, 0.2) is 0 Å². The molecule has 1 N–H and O–H groups in total. The predicted molar refractivity (Wildman–Crippen MR) is 90.9 cm³/mol. The Morgan fingerprint density at radius 1 is 1.48 bits per heavy atom. The highest BCUT2D eigenvalue weighted by Crippen LogP contribution is 2.69. The van der Waals surface area contributed by atoms with E-state index < -0.39 is 17.1 Å². The summed E-state index contributed by atoms with van der Waals surface area (Å²) in [5.41, 5.74) is 1.51. The Morgan fingerprint density at radius 3 is 2.88 bits per heavy atom. The van der Waals surface area contributed by atoms with E-state index in [0.717, 1.165) is 16.9 Å². The highest BCUT2D eigenvalue weighted by Gasteiger charge is 2.77. The van der Waals surface area contributed by atoms with Crippen molar-refractivity contribution in [1.29, 1.82) is 0 Å². The minimum atomic E-state index is -0.695. The molecule has 0 aromatic carbocycles. The summed E-state index contributed by atoms with van der Waals surface area (Å²) in [5.74, 6) is 0.510. The molecule has 5 nitrogen and oxygen atoms in total. The molecule has 0 bridgehead atoms. The lowest BCUT2D eigenvalue weighted by molar-refractivity contribution is -0.163. The van der Waals surface area contributed by atoms with Gasteiger partial charge in [0.2, 0.25) is 0 Å². The van der Waals surface area contributed by atoms with Gasteiger partial charge in [-0.3, -0.25) is 0 Å². The number of allylic oxidation sites excluding steroid dienone is 1. The predicted octanol–water partition coefficient (Wildman–Crippen LogP) is 3.24. The Bertz CT molecular complexity index is 762. The molecule has 0 unspecified atom stereocenters. The van der Waals surface area contributed by atoms with Crippen molar-refractivity contribution < 1.29 is 23.8 Å². The molecule has 25 heavy (non-hydrogen) atoms. The normalized spacial score (nSPS) is 42.2. The minimum absolute atomic E-state index is 0.00869. The van der Waals surface area contributed by atoms with Crippen molar-refractivity contribution >= 4 is 5.97 Å². The number of hydrogen-bond acceptors (Lipinski definition) is 5. The molecule has 2 heterocycles. The fourth-order valence-corrected chi connectivity index (χ4v) is 4.99. The molecule has 4 rings (SSSR count). The third-order valence-electron chi connectivity index (χ3n) is 7.06. The highest BCUT2D eigenvalue weighted by atomic mass is 16.6. The molecule has 136 valence electrons. The number of aliphatic hydroxyl groups is 1. The average molecular weight is 346 g/mol. The van der Waals surface area contributed by atoms with Gasteiger partial charge in [0.05, 0.1) is 18.5 Å². The highest BCUT2D eigenvalue weighted by molar-refractivity contribution is 5.87. The van der Waals surface area contributed by atoms with Gasteiger partial charge in [0, 0.05) is 35.3 Å². The van der Waals surface area contributed by atoms with Crippen LogP contribution in [-0.2, 0) is 20.7 Å². The van der Waals surface area contributed by atoms with Gasteiger partial charge in [-0.25, -0.2) is 4.79 Å². The number of hydrogen-bond donors (Lipinski definition) is 1. The van der Waals surface area contributed by atoms with Gasteiger partial charge < -0.3 is 19.0 Å². The number of esters is 1. The molecule has 3 aliphatic rings. The van der Waals surface area contributed by atoms with E-state index in [2.05, 4.69) is 13.8 Å². The van der Waals surface area contributed by atoms with Crippen LogP contribution in [0.5, 0.6) is 0 Å². The first-order valence-electron chi connectivity index (χ1n) is 9.03. The second kappa shape index (κ2) is 5.21. The van der Waals surface area contributed by atoms with Crippen LogP contribution in [0.4, 0.5) is 0 Å². The summed E-state index contributed by atoms with van der Waals surface area (Å²) < 4.78 is 17.6. The maximum atomic E-state index is 12.3. The molecule has 1 saturated carbocycles. The van der Waals surface area contributed by atoms with Crippen LogP contribution in [0, 0.1) is 18.3 Å². The molecule has 0 amide bonds. The fourth-order valence-electron chi connectivity index (χ4n) is 4.99. The molecule has 1 saturated heterocycles. The molecule has 0 radical (unpaired) electrons. The summed E-state index contributed by atoms with van der Waals surface area (Å²) in [6, 6.07) is 0. The van der Waals surface area contributed by atoms with E-state index in [1.165, 1.54) is 0 Å². The molecule has 2 fully saturated rings. The number of fused-ring (bicyclic) bond motifs is 1. The number of furan rings is 1. The van der Waals surface area contributed by atoms with Gasteiger partial charge >= 0.3 is 5.97 Å². The molecule has 1 aromatic heterocycles. The molecule has 2 aliphatic carbocycles. The first kappa shape index (κ1) is 16.9. The molecular formula is C20H26O5. The van der Waals surface area contributed by atoms with E-state index in [0.29, 0.717) is 18.4 Å². The Hall–Kier alpha value is -1.59. The maximum Gasteiger partial charge on any atom is 0.333 e. The smallest absolute Gasteiger partial charge is 0.333 e. The van der Waals surface area contributed by atoms with Crippen LogP contribution in [0.1, 0.15) is 57.1 Å². The summed E-state index contributed by atoms with van der Waals surface area (Å²) in [4.78, 5) is 12.3. The largest absolute Gasteiger partial charge is 0.469 e. The Kier molecular flexibility index (Phi) is 3.51. The summed E-state index contributed by atoms with van der Waals surface area (Å²) in [6.45, 7) is 9.67. The van der Waals surface area contributed by atoms with Gasteiger partial charge in [-0.1, -0.05) is 19.9 Å². The van der Waals surface area contributed by atoms with Crippen molar-refractivity contribution in [2.45, 2.75) is 71.4 Å². The van der Waals surface area contributed by atoms with Crippen molar-refractivity contribution in [3.63, 3.8) is 0 Å². The zero-order chi connectivity index (χ0) is 18.1. The Labute approximate surface area is 148 Å². The van der Waals surface area contributed by atoms with Crippen LogP contribution < -0.4 is 0 Å². The van der Waals surface area contributed by atoms with E-state index in [1.807, 2.05) is 13.8 Å². The second-order valence-corrected chi connectivity index (χ2v) is 8.05. The number of epoxide rings is 1. The number of carbonyl (C=O) groups excluding carboxylic acids is 1. The standard InChI is InChI=1S/C20H26O5/c1-6-10(2)18(22)24-13-7-15-20(25-15)8-14-16(11(3)9-23-14)17(21)19(20,5)12(13)4/h6,9,12-13,15,17,21H,7-8H2,1-5H3/b10-6-/t12-,13+,15+,17+,19-,20+/m0/s1. The number of rotatable bonds is 2. The van der Waals surface area contributed by atoms with E-state index in [-0.39, 0.29) is 24.1 Å². The lowest BCUT2D eigenvalue weighted by Gasteiger charge is -2.51. The topological polar surface area (TPSA) is 72.2 Å². The van der Waals surface area contributed by atoms with Crippen molar-refractivity contribution in [3.05, 3.63) is 34.8 Å². The third kappa shape index (κ3) is 1.99. The van der Waals surface area contributed by atoms with Crippen molar-refractivity contribution in [2.75, 3.05) is 0 Å². The van der Waals surface area contributed by atoms with E-state index >= 15 is 0 Å². The van der Waals surface area contributed by atoms with Crippen LogP contribution in [0.25, 0.3) is 0 Å². The summed E-state index contributed by atoms with van der Waals surface area (Å²) in [6.07, 6.45) is 3.84. The van der Waals surface area contributed by atoms with Gasteiger partial charge in [-0.05, 0) is 26.3 Å². The van der Waals surface area contributed by atoms with Gasteiger partial charge in [0.1, 0.15) is 17.5 Å². The number of aryl methyl sites for hydroxylation is 1. The number of carbonyl (C=O) groups is 1. The second-order valence-electron chi connectivity index (χ2n) is 8.05. The third-order valence-corrected chi connectivity index (χ3v) is 7.06. The maximum absolute atomic E-state index is 12.3. The SMILES string of the molecule is C/C=C(/C)C(=O)O[C@@H]1C[C@H]2O[C@]23Cc2occ(C)c2[C@@H](O)[C@]3(C)[C@H]1C. The molecule has 6 atom stereocenters. The lowest BCUT2D eigenvalue weighted by atomic mass is 9.53. The summed E-state index contributed by atoms with van der Waals surface area (Å²) in [7, 11) is 0. The quantitative estimate of drug-likeness (QED) is 0.506. The molecular weight excluding hydrogens is 320 g/mol. The Morgan fingerprint density at radius 2 is 2.20 bits per heavy atom. The van der Waals surface area contributed by atoms with Crippen molar-refractivity contribution in [3.8, 4) is 0 Å². The molecule has 1 aliphatic heterocycles. The van der Waals surface area contributed by atoms with E-state index in [4.69, 9.17) is 13.9 Å². The Balaban J connectivity index is 1.70. The first-order chi connectivity index (χ1) is 11.8. The average Bonchev–Trinajstić information content (AvgIpc) is 3.16. The van der Waals surface area contributed by atoms with Crippen molar-refractivity contribution in [1.82, 2.24) is 0 Å². The summed E-state index contributed by atoms with van der Waals surface area (Å²) in [5, 5.41) is 11.3. The molecule has 1 spiro atoms. The number of aliphatic hydroxyl groups excluding tert-OH is 1. The van der Waals surface area contributed by atoms with Crippen LogP contribution in [0.15, 0.2) is 22.3 Å². The first-order valence-corrected chi connectivity index (χ1v) is 9.03. The lowest BCUT2D eigenvalue weighted by Crippen LogP contribution is -2.58. The van der Waals surface area contributed by atoms with E-state index in [9.17, 15) is 9.90 Å². The minimum Gasteiger partial charge on any atom is -0.469 e.